The van der Waals surface area contributed by atoms with Crippen LogP contribution in [0.3, 0.4) is 0 Å². The molecule has 1 N–H and O–H groups in total. The van der Waals surface area contributed by atoms with Crippen LogP contribution < -0.4 is 10.1 Å². The summed E-state index contributed by atoms with van der Waals surface area (Å²) in [5, 5.41) is 3.25. The molecule has 0 saturated carbocycles. The van der Waals surface area contributed by atoms with E-state index in [2.05, 4.69) is 10.3 Å². The van der Waals surface area contributed by atoms with Crippen molar-refractivity contribution in [2.45, 2.75) is 18.8 Å². The second kappa shape index (κ2) is 4.57. The molecule has 0 unspecified atom stereocenters. The topological polar surface area (TPSA) is 34.1 Å². The Morgan fingerprint density at radius 1 is 1.40 bits per heavy atom. The third-order valence-corrected chi connectivity index (χ3v) is 2.78. The number of aromatic nitrogens is 1. The van der Waals surface area contributed by atoms with Gasteiger partial charge in [-0.3, -0.25) is 0 Å². The van der Waals surface area contributed by atoms with Gasteiger partial charge in [0.15, 0.2) is 0 Å². The van der Waals surface area contributed by atoms with Gasteiger partial charge in [0.2, 0.25) is 5.88 Å². The van der Waals surface area contributed by atoms with E-state index >= 15 is 0 Å². The van der Waals surface area contributed by atoms with Crippen LogP contribution in [0.25, 0.3) is 0 Å². The Balaban J connectivity index is 2.24. The van der Waals surface area contributed by atoms with E-state index < -0.39 is 0 Å². The first kappa shape index (κ1) is 10.4. The van der Waals surface area contributed by atoms with Gasteiger partial charge >= 0.3 is 0 Å². The van der Waals surface area contributed by atoms with Crippen molar-refractivity contribution < 1.29 is 9.13 Å². The fraction of sp³-hybridized carbons (Fsp3) is 0.545. The van der Waals surface area contributed by atoms with E-state index in [1.54, 1.807) is 13.2 Å². The number of hydrogen-bond acceptors (Lipinski definition) is 3. The summed E-state index contributed by atoms with van der Waals surface area (Å²) in [6.45, 7) is 1.87. The molecule has 0 radical (unpaired) electrons. The lowest BCUT2D eigenvalue weighted by molar-refractivity contribution is 0.382. The summed E-state index contributed by atoms with van der Waals surface area (Å²) >= 11 is 0. The molecule has 0 atom stereocenters. The monoisotopic (exact) mass is 210 g/mol. The number of piperidine rings is 1. The molecule has 1 aliphatic rings. The fourth-order valence-electron chi connectivity index (χ4n) is 1.93. The fourth-order valence-corrected chi connectivity index (χ4v) is 1.93. The van der Waals surface area contributed by atoms with Gasteiger partial charge < -0.3 is 10.1 Å². The first-order chi connectivity index (χ1) is 7.31. The van der Waals surface area contributed by atoms with Gasteiger partial charge in [0.05, 0.1) is 12.8 Å². The molecule has 1 aromatic rings. The highest BCUT2D eigenvalue weighted by molar-refractivity contribution is 5.21. The van der Waals surface area contributed by atoms with Crippen LogP contribution in [-0.2, 0) is 0 Å². The van der Waals surface area contributed by atoms with Gasteiger partial charge in [-0.05, 0) is 32.0 Å². The molecule has 1 aromatic heterocycles. The van der Waals surface area contributed by atoms with E-state index in [0.29, 0.717) is 11.6 Å². The van der Waals surface area contributed by atoms with Gasteiger partial charge in [-0.25, -0.2) is 9.37 Å². The van der Waals surface area contributed by atoms with Crippen LogP contribution in [0.4, 0.5) is 4.39 Å². The number of nitrogens with zero attached hydrogens (tertiary/aromatic N) is 1. The van der Waals surface area contributed by atoms with Crippen LogP contribution in [0.1, 0.15) is 24.5 Å². The number of ether oxygens (including phenoxy) is 1. The van der Waals surface area contributed by atoms with Crippen molar-refractivity contribution in [2.75, 3.05) is 20.2 Å². The molecule has 3 nitrogen and oxygen atoms in total. The van der Waals surface area contributed by atoms with Gasteiger partial charge in [0, 0.05) is 12.0 Å². The van der Waals surface area contributed by atoms with Crippen molar-refractivity contribution in [3.05, 3.63) is 23.6 Å². The summed E-state index contributed by atoms with van der Waals surface area (Å²) in [4.78, 5) is 4.19. The lowest BCUT2D eigenvalue weighted by Gasteiger charge is -2.22. The highest BCUT2D eigenvalue weighted by Gasteiger charge is 2.20. The average molecular weight is 210 g/mol. The number of rotatable bonds is 2. The maximum Gasteiger partial charge on any atom is 0.213 e. The summed E-state index contributed by atoms with van der Waals surface area (Å²) in [7, 11) is 1.55. The second-order valence-electron chi connectivity index (χ2n) is 3.74. The molecule has 1 saturated heterocycles. The minimum Gasteiger partial charge on any atom is -0.481 e. The van der Waals surface area contributed by atoms with E-state index in [0.717, 1.165) is 25.9 Å². The molecule has 82 valence electrons. The van der Waals surface area contributed by atoms with E-state index in [1.807, 2.05) is 0 Å². The standard InChI is InChI=1S/C11H15FN2O/c1-15-10-3-2-9(12)11(14-10)8-4-6-13-7-5-8/h2-3,8,13H,4-7H2,1H3. The van der Waals surface area contributed by atoms with Crippen molar-refractivity contribution >= 4 is 0 Å². The zero-order valence-electron chi connectivity index (χ0n) is 8.79. The van der Waals surface area contributed by atoms with E-state index in [9.17, 15) is 4.39 Å². The van der Waals surface area contributed by atoms with Crippen molar-refractivity contribution in [1.29, 1.82) is 0 Å². The Bertz CT molecular complexity index is 337. The molecule has 0 bridgehead atoms. The first-order valence-electron chi connectivity index (χ1n) is 5.22. The van der Waals surface area contributed by atoms with Gasteiger partial charge in [0.1, 0.15) is 5.82 Å². The van der Waals surface area contributed by atoms with Gasteiger partial charge in [-0.15, -0.1) is 0 Å². The molecular weight excluding hydrogens is 195 g/mol. The van der Waals surface area contributed by atoms with Crippen molar-refractivity contribution in [3.8, 4) is 5.88 Å². The molecule has 0 amide bonds. The Hall–Kier alpha value is -1.16. The van der Waals surface area contributed by atoms with E-state index in [-0.39, 0.29) is 11.7 Å². The quantitative estimate of drug-likeness (QED) is 0.806. The summed E-state index contributed by atoms with van der Waals surface area (Å²) < 4.78 is 18.6. The molecule has 0 spiro atoms. The van der Waals surface area contributed by atoms with Gasteiger partial charge in [-0.1, -0.05) is 0 Å². The van der Waals surface area contributed by atoms with Crippen LogP contribution in [0.15, 0.2) is 12.1 Å². The highest BCUT2D eigenvalue weighted by Crippen LogP contribution is 2.27. The van der Waals surface area contributed by atoms with Crippen LogP contribution >= 0.6 is 0 Å². The molecule has 4 heteroatoms. The van der Waals surface area contributed by atoms with Crippen LogP contribution in [-0.4, -0.2) is 25.2 Å². The number of pyridine rings is 1. The number of halogens is 1. The normalized spacial score (nSPS) is 17.7. The maximum absolute atomic E-state index is 13.6. The first-order valence-corrected chi connectivity index (χ1v) is 5.22. The molecule has 1 aliphatic heterocycles. The predicted molar refractivity (Wildman–Crippen MR) is 55.6 cm³/mol. The summed E-state index contributed by atoms with van der Waals surface area (Å²) in [6.07, 6.45) is 1.88. The van der Waals surface area contributed by atoms with Crippen LogP contribution in [0, 0.1) is 5.82 Å². The van der Waals surface area contributed by atoms with E-state index in [1.165, 1.54) is 6.07 Å². The van der Waals surface area contributed by atoms with Crippen molar-refractivity contribution in [2.24, 2.45) is 0 Å². The maximum atomic E-state index is 13.6. The number of hydrogen-bond donors (Lipinski definition) is 1. The molecule has 2 rings (SSSR count). The Morgan fingerprint density at radius 3 is 2.80 bits per heavy atom. The molecule has 2 heterocycles. The zero-order valence-corrected chi connectivity index (χ0v) is 8.79. The zero-order chi connectivity index (χ0) is 10.7. The van der Waals surface area contributed by atoms with Gasteiger partial charge in [-0.2, -0.15) is 0 Å². The molecule has 15 heavy (non-hydrogen) atoms. The lowest BCUT2D eigenvalue weighted by atomic mass is 9.94. The summed E-state index contributed by atoms with van der Waals surface area (Å²) in [5.74, 6) is 0.494. The second-order valence-corrected chi connectivity index (χ2v) is 3.74. The predicted octanol–water partition coefficient (Wildman–Crippen LogP) is 1.70. The number of nitrogens with one attached hydrogen (secondary N) is 1. The Kier molecular flexibility index (Phi) is 3.16. The summed E-state index contributed by atoms with van der Waals surface area (Å²) in [6, 6.07) is 2.99. The van der Waals surface area contributed by atoms with Crippen molar-refractivity contribution in [1.82, 2.24) is 10.3 Å². The third kappa shape index (κ3) is 2.26. The minimum absolute atomic E-state index is 0.220. The SMILES string of the molecule is COc1ccc(F)c(C2CCNCC2)n1. The van der Waals surface area contributed by atoms with Crippen LogP contribution in [0.2, 0.25) is 0 Å². The minimum atomic E-state index is -0.220. The van der Waals surface area contributed by atoms with Crippen LogP contribution in [0.5, 0.6) is 5.88 Å². The largest absolute Gasteiger partial charge is 0.481 e. The van der Waals surface area contributed by atoms with Crippen molar-refractivity contribution in [3.63, 3.8) is 0 Å². The molecule has 1 fully saturated rings. The van der Waals surface area contributed by atoms with E-state index in [4.69, 9.17) is 4.74 Å². The average Bonchev–Trinajstić information content (AvgIpc) is 2.31. The molecule has 0 aromatic carbocycles. The smallest absolute Gasteiger partial charge is 0.213 e. The molecule has 0 aliphatic carbocycles. The number of methoxy groups -OCH3 is 1. The van der Waals surface area contributed by atoms with Gasteiger partial charge in [0.25, 0.3) is 0 Å². The highest BCUT2D eigenvalue weighted by atomic mass is 19.1. The third-order valence-electron chi connectivity index (χ3n) is 2.78. The summed E-state index contributed by atoms with van der Waals surface area (Å²) in [5.41, 5.74) is 0.552. The Labute approximate surface area is 88.7 Å². The molecular formula is C11H15FN2O. The Morgan fingerprint density at radius 2 is 2.13 bits per heavy atom. The lowest BCUT2D eigenvalue weighted by Crippen LogP contribution is -2.27.